The summed E-state index contributed by atoms with van der Waals surface area (Å²) in [6, 6.07) is 7.54. The normalized spacial score (nSPS) is 11.4. The SMILES string of the molecule is CSc1ccc(/C=C(\Br)[N+](=O)[O-])cc1. The minimum absolute atomic E-state index is 0.0330. The number of hydrogen-bond donors (Lipinski definition) is 0. The third-order valence-electron chi connectivity index (χ3n) is 1.58. The lowest BCUT2D eigenvalue weighted by molar-refractivity contribution is -0.407. The molecule has 14 heavy (non-hydrogen) atoms. The molecule has 0 atom stereocenters. The van der Waals surface area contributed by atoms with Crippen LogP contribution in [0.3, 0.4) is 0 Å². The van der Waals surface area contributed by atoms with Gasteiger partial charge in [-0.05, 0) is 24.0 Å². The first-order valence-corrected chi connectivity index (χ1v) is 5.81. The van der Waals surface area contributed by atoms with E-state index in [1.54, 1.807) is 11.8 Å². The van der Waals surface area contributed by atoms with Gasteiger partial charge in [0.25, 0.3) is 0 Å². The number of nitro groups is 1. The van der Waals surface area contributed by atoms with E-state index in [0.29, 0.717) is 0 Å². The summed E-state index contributed by atoms with van der Waals surface area (Å²) < 4.78 is -0.0330. The van der Waals surface area contributed by atoms with E-state index in [1.807, 2.05) is 30.5 Å². The van der Waals surface area contributed by atoms with Crippen LogP contribution < -0.4 is 0 Å². The molecule has 3 nitrogen and oxygen atoms in total. The number of hydrogen-bond acceptors (Lipinski definition) is 3. The molecule has 74 valence electrons. The summed E-state index contributed by atoms with van der Waals surface area (Å²) in [5.74, 6) is 0. The molecule has 0 N–H and O–H groups in total. The molecular formula is C9H8BrNO2S. The fraction of sp³-hybridized carbons (Fsp3) is 0.111. The van der Waals surface area contributed by atoms with Crippen LogP contribution in [0.2, 0.25) is 0 Å². The van der Waals surface area contributed by atoms with E-state index in [2.05, 4.69) is 15.9 Å². The zero-order chi connectivity index (χ0) is 10.6. The van der Waals surface area contributed by atoms with Gasteiger partial charge in [0, 0.05) is 26.9 Å². The molecule has 1 rings (SSSR count). The summed E-state index contributed by atoms with van der Waals surface area (Å²) in [6.07, 6.45) is 3.46. The van der Waals surface area contributed by atoms with Gasteiger partial charge >= 0.3 is 4.61 Å². The van der Waals surface area contributed by atoms with E-state index in [-0.39, 0.29) is 4.61 Å². The molecular weight excluding hydrogens is 266 g/mol. The molecule has 0 radical (unpaired) electrons. The summed E-state index contributed by atoms with van der Waals surface area (Å²) in [4.78, 5) is 11.0. The summed E-state index contributed by atoms with van der Waals surface area (Å²) in [6.45, 7) is 0. The Kier molecular flexibility index (Phi) is 4.16. The molecule has 0 bridgehead atoms. The Balaban J connectivity index is 2.88. The Morgan fingerprint density at radius 1 is 1.50 bits per heavy atom. The number of halogens is 1. The molecule has 1 aromatic carbocycles. The standard InChI is InChI=1S/C9H8BrNO2S/c1-14-8-4-2-7(3-5-8)6-9(10)11(12)13/h2-6H,1H3/b9-6+. The Bertz CT molecular complexity index is 362. The predicted octanol–water partition coefficient (Wildman–Crippen LogP) is 3.38. The minimum atomic E-state index is -0.470. The molecule has 1 aromatic rings. The summed E-state index contributed by atoms with van der Waals surface area (Å²) in [7, 11) is 0. The van der Waals surface area contributed by atoms with E-state index < -0.39 is 4.92 Å². The van der Waals surface area contributed by atoms with Crippen molar-refractivity contribution in [3.8, 4) is 0 Å². The van der Waals surface area contributed by atoms with E-state index in [1.165, 1.54) is 6.08 Å². The van der Waals surface area contributed by atoms with Crippen molar-refractivity contribution >= 4 is 33.8 Å². The second kappa shape index (κ2) is 5.17. The molecule has 0 aliphatic carbocycles. The minimum Gasteiger partial charge on any atom is -0.258 e. The van der Waals surface area contributed by atoms with Crippen molar-refractivity contribution < 1.29 is 4.92 Å². The van der Waals surface area contributed by atoms with E-state index in [4.69, 9.17) is 0 Å². The van der Waals surface area contributed by atoms with Crippen LogP contribution in [-0.4, -0.2) is 11.2 Å². The number of rotatable bonds is 3. The lowest BCUT2D eigenvalue weighted by atomic mass is 10.2. The zero-order valence-electron chi connectivity index (χ0n) is 7.44. The molecule has 0 heterocycles. The number of benzene rings is 1. The van der Waals surface area contributed by atoms with Crippen molar-refractivity contribution in [1.29, 1.82) is 0 Å². The summed E-state index contributed by atoms with van der Waals surface area (Å²) in [5.41, 5.74) is 0.811. The fourth-order valence-electron chi connectivity index (χ4n) is 0.890. The topological polar surface area (TPSA) is 43.1 Å². The van der Waals surface area contributed by atoms with Crippen molar-refractivity contribution in [3.05, 3.63) is 44.5 Å². The van der Waals surface area contributed by atoms with Crippen LogP contribution in [0, 0.1) is 10.1 Å². The van der Waals surface area contributed by atoms with E-state index >= 15 is 0 Å². The highest BCUT2D eigenvalue weighted by Gasteiger charge is 2.03. The van der Waals surface area contributed by atoms with Gasteiger partial charge in [0.15, 0.2) is 0 Å². The van der Waals surface area contributed by atoms with Crippen molar-refractivity contribution in [2.45, 2.75) is 4.90 Å². The summed E-state index contributed by atoms with van der Waals surface area (Å²) in [5, 5.41) is 10.3. The van der Waals surface area contributed by atoms with E-state index in [9.17, 15) is 10.1 Å². The highest BCUT2D eigenvalue weighted by atomic mass is 79.9. The first-order chi connectivity index (χ1) is 6.63. The van der Waals surface area contributed by atoms with Crippen LogP contribution in [0.5, 0.6) is 0 Å². The smallest absolute Gasteiger partial charge is 0.258 e. The van der Waals surface area contributed by atoms with Gasteiger partial charge in [0.05, 0.1) is 4.92 Å². The molecule has 0 aromatic heterocycles. The van der Waals surface area contributed by atoms with Crippen LogP contribution >= 0.6 is 27.7 Å². The van der Waals surface area contributed by atoms with Crippen molar-refractivity contribution in [1.82, 2.24) is 0 Å². The number of thioether (sulfide) groups is 1. The Hall–Kier alpha value is -0.810. The van der Waals surface area contributed by atoms with Gasteiger partial charge in [0.1, 0.15) is 0 Å². The molecule has 0 aliphatic rings. The van der Waals surface area contributed by atoms with Crippen LogP contribution in [0.4, 0.5) is 0 Å². The van der Waals surface area contributed by atoms with Crippen molar-refractivity contribution in [3.63, 3.8) is 0 Å². The summed E-state index contributed by atoms with van der Waals surface area (Å²) >= 11 is 4.51. The second-order valence-electron chi connectivity index (χ2n) is 2.50. The van der Waals surface area contributed by atoms with E-state index in [0.717, 1.165) is 10.5 Å². The lowest BCUT2D eigenvalue weighted by Gasteiger charge is -1.96. The highest BCUT2D eigenvalue weighted by molar-refractivity contribution is 9.11. The van der Waals surface area contributed by atoms with Gasteiger partial charge < -0.3 is 0 Å². The van der Waals surface area contributed by atoms with Crippen molar-refractivity contribution in [2.24, 2.45) is 0 Å². The predicted molar refractivity (Wildman–Crippen MR) is 62.1 cm³/mol. The van der Waals surface area contributed by atoms with Crippen LogP contribution in [-0.2, 0) is 0 Å². The van der Waals surface area contributed by atoms with Gasteiger partial charge in [-0.15, -0.1) is 11.8 Å². The Morgan fingerprint density at radius 3 is 2.50 bits per heavy atom. The third kappa shape index (κ3) is 3.16. The molecule has 5 heteroatoms. The molecule has 0 saturated heterocycles. The maximum atomic E-state index is 10.3. The van der Waals surface area contributed by atoms with Crippen molar-refractivity contribution in [2.75, 3.05) is 6.26 Å². The second-order valence-corrected chi connectivity index (χ2v) is 4.19. The Labute approximate surface area is 94.5 Å². The largest absolute Gasteiger partial charge is 0.311 e. The molecule has 0 spiro atoms. The monoisotopic (exact) mass is 273 g/mol. The Morgan fingerprint density at radius 2 is 2.07 bits per heavy atom. The van der Waals surface area contributed by atoms with Gasteiger partial charge in [-0.25, -0.2) is 0 Å². The van der Waals surface area contributed by atoms with Gasteiger partial charge in [-0.1, -0.05) is 12.1 Å². The molecule has 0 unspecified atom stereocenters. The molecule has 0 fully saturated rings. The third-order valence-corrected chi connectivity index (χ3v) is 2.84. The van der Waals surface area contributed by atoms with Gasteiger partial charge in [-0.2, -0.15) is 0 Å². The number of nitrogens with zero attached hydrogens (tertiary/aromatic N) is 1. The zero-order valence-corrected chi connectivity index (χ0v) is 9.84. The highest BCUT2D eigenvalue weighted by Crippen LogP contribution is 2.17. The van der Waals surface area contributed by atoms with Gasteiger partial charge in [0.2, 0.25) is 0 Å². The fourth-order valence-corrected chi connectivity index (χ4v) is 1.56. The van der Waals surface area contributed by atoms with Gasteiger partial charge in [-0.3, -0.25) is 10.1 Å². The lowest BCUT2D eigenvalue weighted by Crippen LogP contribution is -1.89. The molecule has 0 aliphatic heterocycles. The first kappa shape index (κ1) is 11.3. The van der Waals surface area contributed by atoms with Crippen LogP contribution in [0.1, 0.15) is 5.56 Å². The van der Waals surface area contributed by atoms with Crippen LogP contribution in [0.15, 0.2) is 33.8 Å². The first-order valence-electron chi connectivity index (χ1n) is 3.79. The molecule has 0 saturated carbocycles. The quantitative estimate of drug-likeness (QED) is 0.367. The molecule has 0 amide bonds. The van der Waals surface area contributed by atoms with Crippen LogP contribution in [0.25, 0.3) is 6.08 Å². The maximum absolute atomic E-state index is 10.3. The maximum Gasteiger partial charge on any atom is 0.311 e. The average molecular weight is 274 g/mol. The average Bonchev–Trinajstić information content (AvgIpc) is 2.19.